The summed E-state index contributed by atoms with van der Waals surface area (Å²) in [5, 5.41) is 0. The highest BCUT2D eigenvalue weighted by molar-refractivity contribution is 5.28. The van der Waals surface area contributed by atoms with Crippen LogP contribution < -0.4 is 4.74 Å². The maximum absolute atomic E-state index is 5.94. The first-order valence-electron chi connectivity index (χ1n) is 9.87. The van der Waals surface area contributed by atoms with Gasteiger partial charge in [0.2, 0.25) is 0 Å². The molecule has 5 nitrogen and oxygen atoms in total. The van der Waals surface area contributed by atoms with Crippen LogP contribution in [0.3, 0.4) is 0 Å². The van der Waals surface area contributed by atoms with Gasteiger partial charge in [-0.2, -0.15) is 0 Å². The second-order valence-electron chi connectivity index (χ2n) is 7.73. The minimum atomic E-state index is 0.281. The molecular weight excluding hydrogens is 338 g/mol. The second-order valence-corrected chi connectivity index (χ2v) is 7.73. The lowest BCUT2D eigenvalue weighted by atomic mass is 9.86. The molecule has 0 atom stereocenters. The third-order valence-corrected chi connectivity index (χ3v) is 5.92. The van der Waals surface area contributed by atoms with E-state index in [0.717, 1.165) is 63.7 Å². The van der Waals surface area contributed by atoms with Crippen LogP contribution in [0.15, 0.2) is 48.7 Å². The van der Waals surface area contributed by atoms with Crippen LogP contribution in [0.5, 0.6) is 5.75 Å². The molecule has 5 heteroatoms. The number of ether oxygens (including phenoxy) is 2. The van der Waals surface area contributed by atoms with Crippen LogP contribution in [-0.4, -0.2) is 60.2 Å². The molecule has 1 aromatic carbocycles. The van der Waals surface area contributed by atoms with Crippen molar-refractivity contribution in [1.82, 2.24) is 14.8 Å². The van der Waals surface area contributed by atoms with Gasteiger partial charge in [0.1, 0.15) is 12.4 Å². The maximum Gasteiger partial charge on any atom is 0.130 e. The SMILES string of the molecule is CN1CCN(Cc2cccc(OCc3ccccn3)c2)CC12CCOCC2. The second kappa shape index (κ2) is 8.38. The number of nitrogens with zero attached hydrogens (tertiary/aromatic N) is 3. The normalized spacial score (nSPS) is 20.6. The van der Waals surface area contributed by atoms with E-state index in [1.165, 1.54) is 5.56 Å². The molecule has 144 valence electrons. The van der Waals surface area contributed by atoms with E-state index in [1.807, 2.05) is 24.3 Å². The van der Waals surface area contributed by atoms with Gasteiger partial charge in [0.05, 0.1) is 5.69 Å². The molecule has 2 fully saturated rings. The van der Waals surface area contributed by atoms with Gasteiger partial charge in [-0.1, -0.05) is 18.2 Å². The lowest BCUT2D eigenvalue weighted by Gasteiger charge is -2.51. The van der Waals surface area contributed by atoms with E-state index < -0.39 is 0 Å². The molecule has 0 amide bonds. The Balaban J connectivity index is 1.37. The quantitative estimate of drug-likeness (QED) is 0.812. The highest BCUT2D eigenvalue weighted by Gasteiger charge is 2.40. The van der Waals surface area contributed by atoms with Gasteiger partial charge < -0.3 is 9.47 Å². The Labute approximate surface area is 161 Å². The molecule has 0 saturated carbocycles. The molecule has 1 spiro atoms. The highest BCUT2D eigenvalue weighted by Crippen LogP contribution is 2.31. The van der Waals surface area contributed by atoms with Gasteiger partial charge in [-0.15, -0.1) is 0 Å². The van der Waals surface area contributed by atoms with Crippen LogP contribution in [0.2, 0.25) is 0 Å². The molecule has 0 radical (unpaired) electrons. The van der Waals surface area contributed by atoms with Crippen molar-refractivity contribution in [3.05, 3.63) is 59.9 Å². The summed E-state index contributed by atoms with van der Waals surface area (Å²) in [6, 6.07) is 14.4. The van der Waals surface area contributed by atoms with E-state index in [0.29, 0.717) is 6.61 Å². The molecule has 1 aromatic heterocycles. The van der Waals surface area contributed by atoms with Crippen molar-refractivity contribution in [2.75, 3.05) is 39.9 Å². The molecule has 0 N–H and O–H groups in total. The minimum Gasteiger partial charge on any atom is -0.487 e. The standard InChI is InChI=1S/C22H29N3O2/c1-24-11-12-25(18-22(24)8-13-26-14-9-22)16-19-5-4-7-21(15-19)27-17-20-6-2-3-10-23-20/h2-7,10,15H,8-9,11-14,16-18H2,1H3. The summed E-state index contributed by atoms with van der Waals surface area (Å²) >= 11 is 0. The lowest BCUT2D eigenvalue weighted by Crippen LogP contribution is -2.62. The van der Waals surface area contributed by atoms with Gasteiger partial charge >= 0.3 is 0 Å². The number of likely N-dealkylation sites (N-methyl/N-ethyl adjacent to an activating group) is 1. The lowest BCUT2D eigenvalue weighted by molar-refractivity contribution is -0.0625. The third-order valence-electron chi connectivity index (χ3n) is 5.92. The Bertz CT molecular complexity index is 731. The van der Waals surface area contributed by atoms with Crippen molar-refractivity contribution >= 4 is 0 Å². The molecule has 2 saturated heterocycles. The van der Waals surface area contributed by atoms with E-state index in [2.05, 4.69) is 40.0 Å². The predicted octanol–water partition coefficient (Wildman–Crippen LogP) is 2.96. The summed E-state index contributed by atoms with van der Waals surface area (Å²) < 4.78 is 11.6. The van der Waals surface area contributed by atoms with Crippen molar-refractivity contribution in [2.24, 2.45) is 0 Å². The average Bonchev–Trinajstić information content (AvgIpc) is 2.71. The van der Waals surface area contributed by atoms with Crippen molar-refractivity contribution in [3.63, 3.8) is 0 Å². The Morgan fingerprint density at radius 3 is 2.81 bits per heavy atom. The van der Waals surface area contributed by atoms with Gasteiger partial charge in [-0.25, -0.2) is 0 Å². The number of benzene rings is 1. The molecule has 2 aromatic rings. The van der Waals surface area contributed by atoms with E-state index in [4.69, 9.17) is 9.47 Å². The van der Waals surface area contributed by atoms with Crippen molar-refractivity contribution < 1.29 is 9.47 Å². The Kier molecular flexibility index (Phi) is 5.72. The summed E-state index contributed by atoms with van der Waals surface area (Å²) in [5.74, 6) is 0.910. The van der Waals surface area contributed by atoms with Crippen LogP contribution in [0.4, 0.5) is 0 Å². The van der Waals surface area contributed by atoms with Gasteiger partial charge in [0, 0.05) is 51.1 Å². The third kappa shape index (κ3) is 4.49. The van der Waals surface area contributed by atoms with Gasteiger partial charge in [0.25, 0.3) is 0 Å². The van der Waals surface area contributed by atoms with Gasteiger partial charge in [-0.3, -0.25) is 14.8 Å². The van der Waals surface area contributed by atoms with Gasteiger partial charge in [0.15, 0.2) is 0 Å². The first kappa shape index (κ1) is 18.4. The molecule has 0 unspecified atom stereocenters. The number of piperazine rings is 1. The molecule has 4 rings (SSSR count). The highest BCUT2D eigenvalue weighted by atomic mass is 16.5. The Morgan fingerprint density at radius 1 is 1.11 bits per heavy atom. The molecule has 0 bridgehead atoms. The summed E-state index contributed by atoms with van der Waals surface area (Å²) in [6.07, 6.45) is 4.06. The summed E-state index contributed by atoms with van der Waals surface area (Å²) in [4.78, 5) is 9.46. The maximum atomic E-state index is 5.94. The van der Waals surface area contributed by atoms with Crippen molar-refractivity contribution in [1.29, 1.82) is 0 Å². The monoisotopic (exact) mass is 367 g/mol. The number of hydrogen-bond acceptors (Lipinski definition) is 5. The van der Waals surface area contributed by atoms with Crippen LogP contribution in [0, 0.1) is 0 Å². The molecule has 0 aliphatic carbocycles. The fraction of sp³-hybridized carbons (Fsp3) is 0.500. The summed E-state index contributed by atoms with van der Waals surface area (Å²) in [7, 11) is 2.27. The minimum absolute atomic E-state index is 0.281. The summed E-state index contributed by atoms with van der Waals surface area (Å²) in [5.41, 5.74) is 2.53. The topological polar surface area (TPSA) is 37.8 Å². The number of rotatable bonds is 5. The average molecular weight is 367 g/mol. The summed E-state index contributed by atoms with van der Waals surface area (Å²) in [6.45, 7) is 6.59. The van der Waals surface area contributed by atoms with Gasteiger partial charge in [-0.05, 0) is 49.7 Å². The molecule has 27 heavy (non-hydrogen) atoms. The van der Waals surface area contributed by atoms with Crippen LogP contribution in [-0.2, 0) is 17.9 Å². The number of hydrogen-bond donors (Lipinski definition) is 0. The van der Waals surface area contributed by atoms with Crippen LogP contribution >= 0.6 is 0 Å². The molecule has 2 aliphatic rings. The number of pyridine rings is 1. The van der Waals surface area contributed by atoms with E-state index in [9.17, 15) is 0 Å². The predicted molar refractivity (Wildman–Crippen MR) is 106 cm³/mol. The van der Waals surface area contributed by atoms with Crippen molar-refractivity contribution in [3.8, 4) is 5.75 Å². The zero-order valence-electron chi connectivity index (χ0n) is 16.1. The zero-order chi connectivity index (χ0) is 18.5. The Morgan fingerprint density at radius 2 is 2.00 bits per heavy atom. The molecule has 2 aliphatic heterocycles. The fourth-order valence-corrected chi connectivity index (χ4v) is 4.20. The molecular formula is C22H29N3O2. The Hall–Kier alpha value is -1.95. The fourth-order valence-electron chi connectivity index (χ4n) is 4.20. The van der Waals surface area contributed by atoms with E-state index >= 15 is 0 Å². The smallest absolute Gasteiger partial charge is 0.130 e. The zero-order valence-corrected chi connectivity index (χ0v) is 16.1. The van der Waals surface area contributed by atoms with Crippen LogP contribution in [0.25, 0.3) is 0 Å². The first-order valence-corrected chi connectivity index (χ1v) is 9.87. The van der Waals surface area contributed by atoms with Crippen molar-refractivity contribution in [2.45, 2.75) is 31.5 Å². The molecule has 3 heterocycles. The van der Waals surface area contributed by atoms with E-state index in [1.54, 1.807) is 6.20 Å². The van der Waals surface area contributed by atoms with Crippen LogP contribution in [0.1, 0.15) is 24.1 Å². The first-order chi connectivity index (χ1) is 13.2. The van der Waals surface area contributed by atoms with E-state index in [-0.39, 0.29) is 5.54 Å². The number of aromatic nitrogens is 1. The largest absolute Gasteiger partial charge is 0.487 e.